The predicted octanol–water partition coefficient (Wildman–Crippen LogP) is 2.01. The van der Waals surface area contributed by atoms with Crippen LogP contribution in [-0.2, 0) is 9.59 Å². The largest absolute Gasteiger partial charge is 0.353 e. The van der Waals surface area contributed by atoms with Gasteiger partial charge < -0.3 is 10.2 Å². The van der Waals surface area contributed by atoms with Crippen molar-refractivity contribution >= 4 is 23.2 Å². The molecule has 0 unspecified atom stereocenters. The highest BCUT2D eigenvalue weighted by atomic mass is 32.1. The molecule has 2 atom stereocenters. The summed E-state index contributed by atoms with van der Waals surface area (Å²) < 4.78 is 0. The first-order chi connectivity index (χ1) is 11.6. The Labute approximate surface area is 147 Å². The second kappa shape index (κ2) is 6.48. The lowest BCUT2D eigenvalue weighted by Gasteiger charge is -2.37. The fourth-order valence-electron chi connectivity index (χ4n) is 3.82. The van der Waals surface area contributed by atoms with Crippen LogP contribution in [0.1, 0.15) is 43.5 Å². The summed E-state index contributed by atoms with van der Waals surface area (Å²) in [6, 6.07) is 4.42. The third-order valence-electron chi connectivity index (χ3n) is 5.43. The molecule has 2 heterocycles. The normalized spacial score (nSPS) is 26.0. The monoisotopic (exact) mass is 347 g/mol. The van der Waals surface area contributed by atoms with E-state index in [-0.39, 0.29) is 17.9 Å². The van der Waals surface area contributed by atoms with E-state index >= 15 is 0 Å². The van der Waals surface area contributed by atoms with Crippen molar-refractivity contribution in [1.82, 2.24) is 15.1 Å². The minimum absolute atomic E-state index is 0.0183. The van der Waals surface area contributed by atoms with Crippen molar-refractivity contribution in [1.29, 1.82) is 0 Å². The lowest BCUT2D eigenvalue weighted by molar-refractivity contribution is -0.139. The van der Waals surface area contributed by atoms with E-state index in [4.69, 9.17) is 0 Å². The van der Waals surface area contributed by atoms with Gasteiger partial charge in [-0.3, -0.25) is 14.5 Å². The van der Waals surface area contributed by atoms with E-state index in [1.54, 1.807) is 11.3 Å². The summed E-state index contributed by atoms with van der Waals surface area (Å²) >= 11 is 1.58. The van der Waals surface area contributed by atoms with Gasteiger partial charge in [0.1, 0.15) is 6.04 Å². The quantitative estimate of drug-likeness (QED) is 0.856. The maximum Gasteiger partial charge on any atom is 0.242 e. The van der Waals surface area contributed by atoms with E-state index < -0.39 is 0 Å². The molecular formula is C18H25N3O2S. The average Bonchev–Trinajstić information content (AvgIpc) is 3.47. The van der Waals surface area contributed by atoms with Crippen LogP contribution in [0.25, 0.3) is 0 Å². The Morgan fingerprint density at radius 1 is 1.42 bits per heavy atom. The first kappa shape index (κ1) is 16.1. The van der Waals surface area contributed by atoms with Crippen LogP contribution in [0.3, 0.4) is 0 Å². The highest BCUT2D eigenvalue weighted by Gasteiger charge is 2.43. The van der Waals surface area contributed by atoms with E-state index in [9.17, 15) is 9.59 Å². The van der Waals surface area contributed by atoms with Gasteiger partial charge in [-0.15, -0.1) is 11.3 Å². The van der Waals surface area contributed by atoms with Crippen molar-refractivity contribution < 1.29 is 9.59 Å². The third-order valence-corrected chi connectivity index (χ3v) is 6.36. The molecule has 1 aromatic heterocycles. The van der Waals surface area contributed by atoms with Crippen molar-refractivity contribution in [2.75, 3.05) is 19.6 Å². The van der Waals surface area contributed by atoms with E-state index in [0.717, 1.165) is 24.3 Å². The topological polar surface area (TPSA) is 52.7 Å². The molecule has 2 aliphatic carbocycles. The van der Waals surface area contributed by atoms with Crippen molar-refractivity contribution in [3.05, 3.63) is 22.4 Å². The second-order valence-corrected chi connectivity index (χ2v) is 8.27. The van der Waals surface area contributed by atoms with Crippen LogP contribution in [0.5, 0.6) is 0 Å². The van der Waals surface area contributed by atoms with Crippen LogP contribution >= 0.6 is 11.3 Å². The number of nitrogens with zero attached hydrogens (tertiary/aromatic N) is 2. The maximum absolute atomic E-state index is 13.0. The second-order valence-electron chi connectivity index (χ2n) is 7.29. The first-order valence-electron chi connectivity index (χ1n) is 9.01. The Morgan fingerprint density at radius 3 is 2.83 bits per heavy atom. The molecule has 130 valence electrons. The Kier molecular flexibility index (Phi) is 4.35. The van der Waals surface area contributed by atoms with Crippen molar-refractivity contribution in [2.24, 2.45) is 5.92 Å². The van der Waals surface area contributed by atoms with E-state index in [1.165, 1.54) is 12.8 Å². The molecule has 24 heavy (non-hydrogen) atoms. The highest BCUT2D eigenvalue weighted by Crippen LogP contribution is 2.40. The Balaban J connectivity index is 1.49. The molecule has 0 radical (unpaired) electrons. The minimum Gasteiger partial charge on any atom is -0.353 e. The lowest BCUT2D eigenvalue weighted by Crippen LogP contribution is -2.54. The van der Waals surface area contributed by atoms with Gasteiger partial charge in [-0.05, 0) is 50.0 Å². The molecule has 4 rings (SSSR count). The number of nitrogens with one attached hydrogen (secondary N) is 1. The average molecular weight is 347 g/mol. The van der Waals surface area contributed by atoms with Crippen LogP contribution in [0, 0.1) is 5.92 Å². The number of hydrogen-bond acceptors (Lipinski definition) is 4. The van der Waals surface area contributed by atoms with Crippen molar-refractivity contribution in [3.63, 3.8) is 0 Å². The van der Waals surface area contributed by atoms with Crippen molar-refractivity contribution in [3.8, 4) is 0 Å². The highest BCUT2D eigenvalue weighted by molar-refractivity contribution is 7.10. The molecule has 3 aliphatic rings. The number of hydrogen-bond donors (Lipinski definition) is 1. The van der Waals surface area contributed by atoms with Gasteiger partial charge in [0.15, 0.2) is 0 Å². The van der Waals surface area contributed by atoms with Crippen LogP contribution in [-0.4, -0.2) is 53.3 Å². The summed E-state index contributed by atoms with van der Waals surface area (Å²) in [4.78, 5) is 30.6. The SMILES string of the molecule is C[C@@H](C1CC1)N(C(=O)CN1CCNC(=O)[C@H]1c1cccs1)C1CC1. The van der Waals surface area contributed by atoms with Gasteiger partial charge in [-0.1, -0.05) is 6.07 Å². The van der Waals surface area contributed by atoms with Gasteiger partial charge in [-0.25, -0.2) is 0 Å². The molecule has 1 aromatic rings. The summed E-state index contributed by atoms with van der Waals surface area (Å²) in [5.41, 5.74) is 0. The van der Waals surface area contributed by atoms with Gasteiger partial charge >= 0.3 is 0 Å². The molecule has 1 saturated heterocycles. The van der Waals surface area contributed by atoms with E-state index in [0.29, 0.717) is 31.1 Å². The van der Waals surface area contributed by atoms with Gasteiger partial charge in [-0.2, -0.15) is 0 Å². The van der Waals surface area contributed by atoms with Gasteiger partial charge in [0, 0.05) is 30.1 Å². The lowest BCUT2D eigenvalue weighted by atomic mass is 10.1. The van der Waals surface area contributed by atoms with E-state index in [1.807, 2.05) is 17.5 Å². The fraction of sp³-hybridized carbons (Fsp3) is 0.667. The molecule has 0 bridgehead atoms. The van der Waals surface area contributed by atoms with Gasteiger partial charge in [0.2, 0.25) is 11.8 Å². The van der Waals surface area contributed by atoms with Crippen LogP contribution in [0.15, 0.2) is 17.5 Å². The molecule has 6 heteroatoms. The Hall–Kier alpha value is -1.40. The summed E-state index contributed by atoms with van der Waals surface area (Å²) in [7, 11) is 0. The summed E-state index contributed by atoms with van der Waals surface area (Å²) in [5, 5.41) is 4.93. The minimum atomic E-state index is -0.319. The molecular weight excluding hydrogens is 322 g/mol. The zero-order chi connectivity index (χ0) is 16.7. The number of rotatable bonds is 6. The molecule has 2 amide bonds. The third kappa shape index (κ3) is 3.22. The smallest absolute Gasteiger partial charge is 0.242 e. The van der Waals surface area contributed by atoms with E-state index in [2.05, 4.69) is 22.0 Å². The molecule has 5 nitrogen and oxygen atoms in total. The standard InChI is InChI=1S/C18H25N3O2S/c1-12(13-4-5-13)21(14-6-7-14)16(22)11-20-9-8-19-18(23)17(20)15-3-2-10-24-15/h2-3,10,12-14,17H,4-9,11H2,1H3,(H,19,23)/t12-,17+/m0/s1. The first-order valence-corrected chi connectivity index (χ1v) is 9.89. The zero-order valence-electron chi connectivity index (χ0n) is 14.1. The number of carbonyl (C=O) groups excluding carboxylic acids is 2. The van der Waals surface area contributed by atoms with Crippen molar-refractivity contribution in [2.45, 2.75) is 50.7 Å². The van der Waals surface area contributed by atoms with Crippen LogP contribution < -0.4 is 5.32 Å². The van der Waals surface area contributed by atoms with Gasteiger partial charge in [0.05, 0.1) is 6.54 Å². The maximum atomic E-state index is 13.0. The zero-order valence-corrected chi connectivity index (χ0v) is 14.9. The fourth-order valence-corrected chi connectivity index (χ4v) is 4.67. The molecule has 0 aromatic carbocycles. The molecule has 1 N–H and O–H groups in total. The molecule has 0 spiro atoms. The summed E-state index contributed by atoms with van der Waals surface area (Å²) in [5.74, 6) is 0.908. The molecule has 1 aliphatic heterocycles. The Morgan fingerprint density at radius 2 is 2.21 bits per heavy atom. The number of carbonyl (C=O) groups is 2. The van der Waals surface area contributed by atoms with Crippen LogP contribution in [0.2, 0.25) is 0 Å². The number of piperazine rings is 1. The number of amides is 2. The summed E-state index contributed by atoms with van der Waals surface area (Å²) in [6.07, 6.45) is 4.78. The summed E-state index contributed by atoms with van der Waals surface area (Å²) in [6.45, 7) is 3.91. The molecule has 3 fully saturated rings. The Bertz CT molecular complexity index is 610. The number of thiophene rings is 1. The molecule has 2 saturated carbocycles. The van der Waals surface area contributed by atoms with Gasteiger partial charge in [0.25, 0.3) is 0 Å². The van der Waals surface area contributed by atoms with Crippen LogP contribution in [0.4, 0.5) is 0 Å². The predicted molar refractivity (Wildman–Crippen MR) is 93.7 cm³/mol.